The van der Waals surface area contributed by atoms with E-state index in [4.69, 9.17) is 17.3 Å². The first-order valence-electron chi connectivity index (χ1n) is 5.43. The summed E-state index contributed by atoms with van der Waals surface area (Å²) in [6.07, 6.45) is 0. The predicted molar refractivity (Wildman–Crippen MR) is 87.7 cm³/mol. The summed E-state index contributed by atoms with van der Waals surface area (Å²) in [5.41, 5.74) is 7.61. The third-order valence-corrected chi connectivity index (χ3v) is 3.48. The number of carbonyl (C=O) groups excluding carboxylic acids is 1. The molecule has 0 spiro atoms. The van der Waals surface area contributed by atoms with Crippen LogP contribution in [0.3, 0.4) is 0 Å². The highest BCUT2D eigenvalue weighted by Gasteiger charge is 2.06. The number of hydrogen-bond donors (Lipinski definition) is 3. The zero-order chi connectivity index (χ0) is 13.8. The number of carbonyl (C=O) groups is 1. The van der Waals surface area contributed by atoms with Gasteiger partial charge < -0.3 is 16.4 Å². The van der Waals surface area contributed by atoms with Gasteiger partial charge in [-0.2, -0.15) is 0 Å². The van der Waals surface area contributed by atoms with Crippen LogP contribution in [0.4, 0.5) is 21.9 Å². The van der Waals surface area contributed by atoms with E-state index < -0.39 is 0 Å². The Bertz CT molecular complexity index is 601. The molecule has 2 aromatic rings. The number of hydrogen-bond acceptors (Lipinski definition) is 2. The number of halogens is 2. The smallest absolute Gasteiger partial charge is 0.323 e. The lowest BCUT2D eigenvalue weighted by atomic mass is 10.3. The molecular formula is C13H11ClIN3O. The second kappa shape index (κ2) is 6.12. The van der Waals surface area contributed by atoms with Gasteiger partial charge in [0, 0.05) is 20.0 Å². The van der Waals surface area contributed by atoms with Crippen LogP contribution < -0.4 is 16.4 Å². The van der Waals surface area contributed by atoms with Gasteiger partial charge in [0.15, 0.2) is 0 Å². The van der Waals surface area contributed by atoms with Gasteiger partial charge in [-0.1, -0.05) is 11.6 Å². The molecule has 0 unspecified atom stereocenters. The third kappa shape index (κ3) is 4.00. The second-order valence-corrected chi connectivity index (χ2v) is 5.42. The molecule has 0 saturated heterocycles. The van der Waals surface area contributed by atoms with E-state index in [0.29, 0.717) is 22.1 Å². The number of nitrogens with two attached hydrogens (primary N) is 1. The van der Waals surface area contributed by atoms with E-state index in [1.54, 1.807) is 42.5 Å². The Morgan fingerprint density at radius 2 is 1.79 bits per heavy atom. The highest BCUT2D eigenvalue weighted by atomic mass is 127. The summed E-state index contributed by atoms with van der Waals surface area (Å²) in [6, 6.07) is 11.9. The minimum atomic E-state index is -0.315. The molecule has 0 radical (unpaired) electrons. The minimum absolute atomic E-state index is 0.315. The molecule has 0 fully saturated rings. The van der Waals surface area contributed by atoms with Gasteiger partial charge in [-0.05, 0) is 65.1 Å². The van der Waals surface area contributed by atoms with E-state index in [0.717, 1.165) is 3.57 Å². The average Bonchev–Trinajstić information content (AvgIpc) is 2.36. The molecule has 0 bridgehead atoms. The van der Waals surface area contributed by atoms with Crippen molar-refractivity contribution in [2.45, 2.75) is 0 Å². The van der Waals surface area contributed by atoms with Crippen molar-refractivity contribution in [2.24, 2.45) is 0 Å². The zero-order valence-electron chi connectivity index (χ0n) is 9.78. The molecule has 0 saturated carbocycles. The lowest BCUT2D eigenvalue weighted by Crippen LogP contribution is -2.19. The number of nitrogen functional groups attached to an aromatic ring is 1. The Morgan fingerprint density at radius 3 is 2.42 bits per heavy atom. The van der Waals surface area contributed by atoms with Gasteiger partial charge in [0.1, 0.15) is 0 Å². The Kier molecular flexibility index (Phi) is 4.49. The Balaban J connectivity index is 2.03. The number of benzene rings is 2. The maximum Gasteiger partial charge on any atom is 0.323 e. The third-order valence-electron chi connectivity index (χ3n) is 2.35. The molecule has 98 valence electrons. The van der Waals surface area contributed by atoms with Gasteiger partial charge in [-0.25, -0.2) is 4.79 Å². The maximum absolute atomic E-state index is 11.8. The number of amides is 2. The summed E-state index contributed by atoms with van der Waals surface area (Å²) in [4.78, 5) is 11.8. The highest BCUT2D eigenvalue weighted by molar-refractivity contribution is 14.1. The van der Waals surface area contributed by atoms with Crippen LogP contribution in [-0.4, -0.2) is 6.03 Å². The van der Waals surface area contributed by atoms with E-state index in [2.05, 4.69) is 33.2 Å². The molecule has 4 N–H and O–H groups in total. The maximum atomic E-state index is 11.8. The molecule has 0 aliphatic rings. The number of rotatable bonds is 2. The minimum Gasteiger partial charge on any atom is -0.399 e. The normalized spacial score (nSPS) is 10.0. The van der Waals surface area contributed by atoms with Crippen LogP contribution >= 0.6 is 34.2 Å². The lowest BCUT2D eigenvalue weighted by molar-refractivity contribution is 0.262. The highest BCUT2D eigenvalue weighted by Crippen LogP contribution is 2.22. The second-order valence-electron chi connectivity index (χ2n) is 3.83. The first-order chi connectivity index (χ1) is 9.04. The summed E-state index contributed by atoms with van der Waals surface area (Å²) in [6.45, 7) is 0. The summed E-state index contributed by atoms with van der Waals surface area (Å²) in [7, 11) is 0. The number of urea groups is 1. The summed E-state index contributed by atoms with van der Waals surface area (Å²) < 4.78 is 0.873. The fraction of sp³-hybridized carbons (Fsp3) is 0. The van der Waals surface area contributed by atoms with Crippen molar-refractivity contribution < 1.29 is 4.79 Å². The van der Waals surface area contributed by atoms with Crippen molar-refractivity contribution in [1.29, 1.82) is 0 Å². The molecule has 0 aromatic heterocycles. The van der Waals surface area contributed by atoms with Crippen LogP contribution in [0, 0.1) is 3.57 Å². The Morgan fingerprint density at radius 1 is 1.11 bits per heavy atom. The first kappa shape index (κ1) is 14.0. The largest absolute Gasteiger partial charge is 0.399 e. The average molecular weight is 388 g/mol. The number of nitrogens with one attached hydrogen (secondary N) is 2. The molecule has 0 heterocycles. The van der Waals surface area contributed by atoms with Gasteiger partial charge >= 0.3 is 6.03 Å². The van der Waals surface area contributed by atoms with Gasteiger partial charge in [-0.3, -0.25) is 0 Å². The molecule has 19 heavy (non-hydrogen) atoms. The van der Waals surface area contributed by atoms with Crippen LogP contribution in [0.5, 0.6) is 0 Å². The van der Waals surface area contributed by atoms with E-state index in [1.807, 2.05) is 0 Å². The van der Waals surface area contributed by atoms with Crippen molar-refractivity contribution in [3.05, 3.63) is 51.1 Å². The van der Waals surface area contributed by atoms with Crippen LogP contribution in [-0.2, 0) is 0 Å². The van der Waals surface area contributed by atoms with Crippen molar-refractivity contribution in [3.63, 3.8) is 0 Å². The van der Waals surface area contributed by atoms with Crippen molar-refractivity contribution >= 4 is 57.3 Å². The summed E-state index contributed by atoms with van der Waals surface area (Å²) >= 11 is 7.96. The topological polar surface area (TPSA) is 67.1 Å². The molecule has 6 heteroatoms. The molecule has 0 aliphatic carbocycles. The first-order valence-corrected chi connectivity index (χ1v) is 6.89. The van der Waals surface area contributed by atoms with Crippen molar-refractivity contribution in [2.75, 3.05) is 16.4 Å². The van der Waals surface area contributed by atoms with E-state index in [9.17, 15) is 4.79 Å². The van der Waals surface area contributed by atoms with Gasteiger partial charge in [0.25, 0.3) is 0 Å². The fourth-order valence-electron chi connectivity index (χ4n) is 1.44. The monoisotopic (exact) mass is 387 g/mol. The molecule has 0 aliphatic heterocycles. The quantitative estimate of drug-likeness (QED) is 0.535. The summed E-state index contributed by atoms with van der Waals surface area (Å²) in [5.74, 6) is 0. The fourth-order valence-corrected chi connectivity index (χ4v) is 2.45. The van der Waals surface area contributed by atoms with Crippen LogP contribution in [0.2, 0.25) is 5.02 Å². The van der Waals surface area contributed by atoms with E-state index in [-0.39, 0.29) is 6.03 Å². The Labute approximate surface area is 129 Å². The molecule has 0 atom stereocenters. The van der Waals surface area contributed by atoms with Gasteiger partial charge in [0.05, 0.1) is 5.69 Å². The van der Waals surface area contributed by atoms with Crippen LogP contribution in [0.25, 0.3) is 0 Å². The van der Waals surface area contributed by atoms with Gasteiger partial charge in [-0.15, -0.1) is 0 Å². The molecular weight excluding hydrogens is 377 g/mol. The van der Waals surface area contributed by atoms with Crippen molar-refractivity contribution in [3.8, 4) is 0 Å². The van der Waals surface area contributed by atoms with Crippen LogP contribution in [0.15, 0.2) is 42.5 Å². The molecule has 2 rings (SSSR count). The number of anilines is 3. The van der Waals surface area contributed by atoms with E-state index in [1.165, 1.54) is 0 Å². The molecule has 4 nitrogen and oxygen atoms in total. The van der Waals surface area contributed by atoms with Crippen LogP contribution in [0.1, 0.15) is 0 Å². The summed E-state index contributed by atoms with van der Waals surface area (Å²) in [5, 5.41) is 6.10. The predicted octanol–water partition coefficient (Wildman–Crippen LogP) is 4.17. The Hall–Kier alpha value is -1.47. The molecule has 2 aromatic carbocycles. The lowest BCUT2D eigenvalue weighted by Gasteiger charge is -2.09. The van der Waals surface area contributed by atoms with E-state index >= 15 is 0 Å². The van der Waals surface area contributed by atoms with Crippen molar-refractivity contribution in [1.82, 2.24) is 0 Å². The SMILES string of the molecule is Nc1ccc(NC(=O)Nc2ccc(Cl)cc2I)cc1. The standard InChI is InChI=1S/C13H11ClIN3O/c14-8-1-6-12(11(15)7-8)18-13(19)17-10-4-2-9(16)3-5-10/h1-7H,16H2,(H2,17,18,19). The zero-order valence-corrected chi connectivity index (χ0v) is 12.7. The molecule has 2 amide bonds. The van der Waals surface area contributed by atoms with Gasteiger partial charge in [0.2, 0.25) is 0 Å².